The SMILES string of the molecule is COc1cc(-c2nc(CN(C)Cc3cccnc3)c(C)o2)cc2c1OCO2. The minimum atomic E-state index is 0.185. The summed E-state index contributed by atoms with van der Waals surface area (Å²) in [6, 6.07) is 7.71. The lowest BCUT2D eigenvalue weighted by atomic mass is 10.2. The van der Waals surface area contributed by atoms with Crippen molar-refractivity contribution in [3.8, 4) is 28.7 Å². The molecule has 0 amide bonds. The fourth-order valence-corrected chi connectivity index (χ4v) is 3.07. The first-order valence-electron chi connectivity index (χ1n) is 8.66. The number of rotatable bonds is 6. The third kappa shape index (κ3) is 3.59. The van der Waals surface area contributed by atoms with Gasteiger partial charge in [0, 0.05) is 31.0 Å². The Morgan fingerprint density at radius 3 is 2.89 bits per heavy atom. The lowest BCUT2D eigenvalue weighted by Crippen LogP contribution is -2.18. The van der Waals surface area contributed by atoms with Crippen molar-refractivity contribution in [1.29, 1.82) is 0 Å². The molecule has 27 heavy (non-hydrogen) atoms. The van der Waals surface area contributed by atoms with Crippen LogP contribution in [-0.4, -0.2) is 35.8 Å². The first-order chi connectivity index (χ1) is 13.1. The van der Waals surface area contributed by atoms with Crippen LogP contribution < -0.4 is 14.2 Å². The van der Waals surface area contributed by atoms with E-state index in [4.69, 9.17) is 18.6 Å². The van der Waals surface area contributed by atoms with E-state index in [1.807, 2.05) is 38.4 Å². The van der Waals surface area contributed by atoms with E-state index in [1.165, 1.54) is 0 Å². The first-order valence-corrected chi connectivity index (χ1v) is 8.66. The molecule has 1 aliphatic rings. The molecule has 0 N–H and O–H groups in total. The van der Waals surface area contributed by atoms with E-state index < -0.39 is 0 Å². The Morgan fingerprint density at radius 2 is 2.11 bits per heavy atom. The van der Waals surface area contributed by atoms with E-state index in [0.29, 0.717) is 29.7 Å². The van der Waals surface area contributed by atoms with Gasteiger partial charge in [0.1, 0.15) is 5.76 Å². The Hall–Kier alpha value is -3.06. The number of methoxy groups -OCH3 is 1. The third-order valence-electron chi connectivity index (χ3n) is 4.39. The maximum Gasteiger partial charge on any atom is 0.231 e. The number of hydrogen-bond acceptors (Lipinski definition) is 7. The minimum Gasteiger partial charge on any atom is -0.493 e. The van der Waals surface area contributed by atoms with Crippen molar-refractivity contribution in [1.82, 2.24) is 14.9 Å². The van der Waals surface area contributed by atoms with E-state index in [-0.39, 0.29) is 6.79 Å². The molecule has 7 heteroatoms. The molecule has 3 heterocycles. The van der Waals surface area contributed by atoms with Gasteiger partial charge in [0.2, 0.25) is 18.4 Å². The van der Waals surface area contributed by atoms with Crippen LogP contribution in [0.5, 0.6) is 17.2 Å². The van der Waals surface area contributed by atoms with Crippen LogP contribution in [0.25, 0.3) is 11.5 Å². The molecule has 1 aromatic carbocycles. The normalized spacial score (nSPS) is 12.6. The Labute approximate surface area is 157 Å². The van der Waals surface area contributed by atoms with Crippen LogP contribution in [0.15, 0.2) is 41.1 Å². The van der Waals surface area contributed by atoms with Crippen LogP contribution >= 0.6 is 0 Å². The monoisotopic (exact) mass is 367 g/mol. The molecule has 0 bridgehead atoms. The van der Waals surface area contributed by atoms with Gasteiger partial charge in [-0.05, 0) is 37.7 Å². The van der Waals surface area contributed by atoms with Crippen LogP contribution in [0.1, 0.15) is 17.0 Å². The molecule has 0 aliphatic carbocycles. The van der Waals surface area contributed by atoms with Crippen LogP contribution in [0, 0.1) is 6.92 Å². The van der Waals surface area contributed by atoms with Gasteiger partial charge < -0.3 is 18.6 Å². The fourth-order valence-electron chi connectivity index (χ4n) is 3.07. The number of ether oxygens (including phenoxy) is 3. The summed E-state index contributed by atoms with van der Waals surface area (Å²) in [5.74, 6) is 3.18. The largest absolute Gasteiger partial charge is 0.493 e. The molecule has 140 valence electrons. The van der Waals surface area contributed by atoms with Crippen molar-refractivity contribution in [3.63, 3.8) is 0 Å². The average Bonchev–Trinajstić information content (AvgIpc) is 3.28. The molecule has 0 saturated carbocycles. The van der Waals surface area contributed by atoms with Gasteiger partial charge in [-0.25, -0.2) is 4.98 Å². The van der Waals surface area contributed by atoms with Gasteiger partial charge in [-0.1, -0.05) is 6.07 Å². The Balaban J connectivity index is 1.55. The first kappa shape index (κ1) is 17.4. The highest BCUT2D eigenvalue weighted by Gasteiger charge is 2.23. The zero-order chi connectivity index (χ0) is 18.8. The number of hydrogen-bond donors (Lipinski definition) is 0. The second-order valence-corrected chi connectivity index (χ2v) is 6.47. The van der Waals surface area contributed by atoms with Gasteiger partial charge >= 0.3 is 0 Å². The lowest BCUT2D eigenvalue weighted by molar-refractivity contribution is 0.171. The van der Waals surface area contributed by atoms with Gasteiger partial charge in [-0.3, -0.25) is 9.88 Å². The van der Waals surface area contributed by atoms with E-state index in [1.54, 1.807) is 13.3 Å². The highest BCUT2D eigenvalue weighted by atomic mass is 16.7. The summed E-state index contributed by atoms with van der Waals surface area (Å²) in [7, 11) is 3.64. The maximum absolute atomic E-state index is 5.91. The topological polar surface area (TPSA) is 69.9 Å². The van der Waals surface area contributed by atoms with Crippen molar-refractivity contribution in [2.45, 2.75) is 20.0 Å². The van der Waals surface area contributed by atoms with Crippen molar-refractivity contribution < 1.29 is 18.6 Å². The Bertz CT molecular complexity index is 940. The van der Waals surface area contributed by atoms with Crippen LogP contribution in [-0.2, 0) is 13.1 Å². The average molecular weight is 367 g/mol. The molecule has 0 unspecified atom stereocenters. The fraction of sp³-hybridized carbons (Fsp3) is 0.300. The summed E-state index contributed by atoms with van der Waals surface area (Å²) in [6.45, 7) is 3.57. The molecule has 0 atom stereocenters. The number of aromatic nitrogens is 2. The number of pyridine rings is 1. The summed E-state index contributed by atoms with van der Waals surface area (Å²) in [5, 5.41) is 0. The third-order valence-corrected chi connectivity index (χ3v) is 4.39. The van der Waals surface area contributed by atoms with E-state index >= 15 is 0 Å². The Kier molecular flexibility index (Phi) is 4.68. The molecule has 7 nitrogen and oxygen atoms in total. The molecule has 1 aliphatic heterocycles. The number of oxazole rings is 1. The number of benzene rings is 1. The zero-order valence-electron chi connectivity index (χ0n) is 15.6. The number of fused-ring (bicyclic) bond motifs is 1. The second kappa shape index (κ2) is 7.28. The van der Waals surface area contributed by atoms with Gasteiger partial charge in [0.15, 0.2) is 11.5 Å². The molecule has 4 rings (SSSR count). The predicted molar refractivity (Wildman–Crippen MR) is 98.8 cm³/mol. The zero-order valence-corrected chi connectivity index (χ0v) is 15.6. The van der Waals surface area contributed by atoms with Gasteiger partial charge in [-0.15, -0.1) is 0 Å². The lowest BCUT2D eigenvalue weighted by Gasteiger charge is -2.15. The van der Waals surface area contributed by atoms with Crippen molar-refractivity contribution in [2.24, 2.45) is 0 Å². The molecule has 2 aromatic heterocycles. The van der Waals surface area contributed by atoms with Crippen LogP contribution in [0.3, 0.4) is 0 Å². The van der Waals surface area contributed by atoms with Crippen molar-refractivity contribution >= 4 is 0 Å². The minimum absolute atomic E-state index is 0.185. The van der Waals surface area contributed by atoms with Crippen molar-refractivity contribution in [3.05, 3.63) is 53.7 Å². The standard InChI is InChI=1S/C20H21N3O4/c1-13-16(11-23(2)10-14-5-4-6-21-9-14)22-20(27-13)15-7-17(24-3)19-18(8-15)25-12-26-19/h4-9H,10-12H2,1-3H3. The molecule has 0 fully saturated rings. The Morgan fingerprint density at radius 1 is 1.22 bits per heavy atom. The van der Waals surface area contributed by atoms with E-state index in [0.717, 1.165) is 29.1 Å². The van der Waals surface area contributed by atoms with Gasteiger partial charge in [-0.2, -0.15) is 0 Å². The molecular formula is C20H21N3O4. The molecular weight excluding hydrogens is 346 g/mol. The summed E-state index contributed by atoms with van der Waals surface area (Å²) in [4.78, 5) is 11.0. The van der Waals surface area contributed by atoms with Crippen molar-refractivity contribution in [2.75, 3.05) is 21.0 Å². The van der Waals surface area contributed by atoms with Crippen LogP contribution in [0.4, 0.5) is 0 Å². The van der Waals surface area contributed by atoms with Gasteiger partial charge in [0.05, 0.1) is 12.8 Å². The molecule has 0 spiro atoms. The van der Waals surface area contributed by atoms with Gasteiger partial charge in [0.25, 0.3) is 0 Å². The summed E-state index contributed by atoms with van der Waals surface area (Å²) in [5.41, 5.74) is 2.84. The molecule has 3 aromatic rings. The summed E-state index contributed by atoms with van der Waals surface area (Å²) < 4.78 is 22.2. The van der Waals surface area contributed by atoms with Crippen LogP contribution in [0.2, 0.25) is 0 Å². The number of nitrogens with zero attached hydrogens (tertiary/aromatic N) is 3. The summed E-state index contributed by atoms with van der Waals surface area (Å²) in [6.07, 6.45) is 3.65. The quantitative estimate of drug-likeness (QED) is 0.661. The van der Waals surface area contributed by atoms with E-state index in [9.17, 15) is 0 Å². The second-order valence-electron chi connectivity index (χ2n) is 6.47. The maximum atomic E-state index is 5.91. The highest BCUT2D eigenvalue weighted by Crippen LogP contribution is 2.44. The molecule has 0 saturated heterocycles. The number of aryl methyl sites for hydroxylation is 1. The highest BCUT2D eigenvalue weighted by molar-refractivity contribution is 5.66. The predicted octanol–water partition coefficient (Wildman–Crippen LogP) is 3.41. The summed E-state index contributed by atoms with van der Waals surface area (Å²) >= 11 is 0. The van der Waals surface area contributed by atoms with E-state index in [2.05, 4.69) is 20.9 Å². The molecule has 0 radical (unpaired) electrons. The smallest absolute Gasteiger partial charge is 0.231 e.